The first-order chi connectivity index (χ1) is 12.5. The van der Waals surface area contributed by atoms with Crippen LogP contribution in [0.2, 0.25) is 0 Å². The van der Waals surface area contributed by atoms with Gasteiger partial charge in [-0.2, -0.15) is 0 Å². The van der Waals surface area contributed by atoms with Gasteiger partial charge in [-0.1, -0.05) is 18.2 Å². The standard InChI is InChI=1S/C20H20N2O4/c1-12(23)13-7-8-17(19(10-13)26-2)22-18(20(24)25)9-14-11-21-16-6-4-3-5-15(14)16/h3-8,10-11,18,21-22H,9H2,1-2H3,(H,24,25). The summed E-state index contributed by atoms with van der Waals surface area (Å²) in [5.41, 5.74) is 2.93. The van der Waals surface area contributed by atoms with Crippen LogP contribution in [-0.4, -0.2) is 35.0 Å². The lowest BCUT2D eigenvalue weighted by molar-refractivity contribution is -0.137. The van der Waals surface area contributed by atoms with Gasteiger partial charge in [0.05, 0.1) is 12.8 Å². The Balaban J connectivity index is 1.87. The number of aliphatic carboxylic acids is 1. The van der Waals surface area contributed by atoms with Crippen LogP contribution < -0.4 is 10.1 Å². The number of rotatable bonds is 7. The number of aromatic nitrogens is 1. The molecule has 0 aliphatic rings. The van der Waals surface area contributed by atoms with Gasteiger partial charge >= 0.3 is 5.97 Å². The van der Waals surface area contributed by atoms with Crippen molar-refractivity contribution in [2.75, 3.05) is 12.4 Å². The number of carboxylic acid groups (broad SMARTS) is 1. The maximum absolute atomic E-state index is 11.8. The average molecular weight is 352 g/mol. The molecule has 0 aliphatic carbocycles. The number of fused-ring (bicyclic) bond motifs is 1. The molecule has 3 aromatic rings. The molecule has 1 unspecified atom stereocenters. The van der Waals surface area contributed by atoms with E-state index in [1.807, 2.05) is 30.5 Å². The number of anilines is 1. The molecule has 26 heavy (non-hydrogen) atoms. The van der Waals surface area contributed by atoms with Gasteiger partial charge in [0.2, 0.25) is 0 Å². The number of Topliss-reactive ketones (excluding diaryl/α,β-unsaturated/α-hetero) is 1. The van der Waals surface area contributed by atoms with Gasteiger partial charge in [-0.25, -0.2) is 4.79 Å². The van der Waals surface area contributed by atoms with Crippen LogP contribution in [0.3, 0.4) is 0 Å². The number of para-hydroxylation sites is 1. The molecule has 0 bridgehead atoms. The lowest BCUT2D eigenvalue weighted by Crippen LogP contribution is -2.31. The van der Waals surface area contributed by atoms with Crippen molar-refractivity contribution in [1.29, 1.82) is 0 Å². The summed E-state index contributed by atoms with van der Waals surface area (Å²) in [6.07, 6.45) is 2.13. The van der Waals surface area contributed by atoms with Gasteiger partial charge in [-0.05, 0) is 36.8 Å². The van der Waals surface area contributed by atoms with Crippen LogP contribution in [0.25, 0.3) is 10.9 Å². The van der Waals surface area contributed by atoms with E-state index >= 15 is 0 Å². The molecular formula is C20H20N2O4. The molecular weight excluding hydrogens is 332 g/mol. The molecule has 0 spiro atoms. The molecule has 3 N–H and O–H groups in total. The van der Waals surface area contributed by atoms with Gasteiger partial charge in [0.1, 0.15) is 11.8 Å². The highest BCUT2D eigenvalue weighted by atomic mass is 16.5. The molecule has 6 heteroatoms. The predicted molar refractivity (Wildman–Crippen MR) is 100 cm³/mol. The summed E-state index contributed by atoms with van der Waals surface area (Å²) in [4.78, 5) is 26.4. The number of benzene rings is 2. The van der Waals surface area contributed by atoms with Crippen LogP contribution in [0, 0.1) is 0 Å². The minimum absolute atomic E-state index is 0.0802. The maximum atomic E-state index is 11.8. The highest BCUT2D eigenvalue weighted by Crippen LogP contribution is 2.28. The Bertz CT molecular complexity index is 961. The van der Waals surface area contributed by atoms with Crippen LogP contribution in [-0.2, 0) is 11.2 Å². The number of hydrogen-bond acceptors (Lipinski definition) is 4. The fourth-order valence-electron chi connectivity index (χ4n) is 2.94. The number of ether oxygens (including phenoxy) is 1. The fraction of sp³-hybridized carbons (Fsp3) is 0.200. The van der Waals surface area contributed by atoms with Crippen LogP contribution in [0.1, 0.15) is 22.8 Å². The lowest BCUT2D eigenvalue weighted by atomic mass is 10.0. The van der Waals surface area contributed by atoms with E-state index < -0.39 is 12.0 Å². The first kappa shape index (κ1) is 17.5. The Morgan fingerprint density at radius 3 is 2.69 bits per heavy atom. The topological polar surface area (TPSA) is 91.4 Å². The number of aromatic amines is 1. The van der Waals surface area contributed by atoms with E-state index in [0.717, 1.165) is 16.5 Å². The van der Waals surface area contributed by atoms with Gasteiger partial charge in [0.25, 0.3) is 0 Å². The van der Waals surface area contributed by atoms with Crippen molar-refractivity contribution in [2.24, 2.45) is 0 Å². The quantitative estimate of drug-likeness (QED) is 0.566. The van der Waals surface area contributed by atoms with Gasteiger partial charge < -0.3 is 20.1 Å². The normalized spacial score (nSPS) is 11.9. The molecule has 2 aromatic carbocycles. The summed E-state index contributed by atoms with van der Waals surface area (Å²) in [7, 11) is 1.49. The monoisotopic (exact) mass is 352 g/mol. The number of nitrogens with one attached hydrogen (secondary N) is 2. The number of hydrogen-bond donors (Lipinski definition) is 3. The van der Waals surface area contributed by atoms with Crippen molar-refractivity contribution < 1.29 is 19.4 Å². The molecule has 1 heterocycles. The maximum Gasteiger partial charge on any atom is 0.326 e. The van der Waals surface area contributed by atoms with Gasteiger partial charge in [-0.3, -0.25) is 4.79 Å². The second kappa shape index (κ2) is 7.31. The second-order valence-corrected chi connectivity index (χ2v) is 6.07. The largest absolute Gasteiger partial charge is 0.495 e. The van der Waals surface area contributed by atoms with Gasteiger partial charge in [0.15, 0.2) is 5.78 Å². The fourth-order valence-corrected chi connectivity index (χ4v) is 2.94. The Morgan fingerprint density at radius 1 is 1.23 bits per heavy atom. The average Bonchev–Trinajstić information content (AvgIpc) is 3.04. The highest BCUT2D eigenvalue weighted by Gasteiger charge is 2.21. The molecule has 3 rings (SSSR count). The summed E-state index contributed by atoms with van der Waals surface area (Å²) >= 11 is 0. The second-order valence-electron chi connectivity index (χ2n) is 6.07. The third-order valence-corrected chi connectivity index (χ3v) is 4.33. The molecule has 0 radical (unpaired) electrons. The molecule has 0 amide bonds. The molecule has 0 aliphatic heterocycles. The summed E-state index contributed by atoms with van der Waals surface area (Å²) < 4.78 is 5.31. The third kappa shape index (κ3) is 3.54. The highest BCUT2D eigenvalue weighted by molar-refractivity contribution is 5.95. The number of carboxylic acids is 1. The Kier molecular flexibility index (Phi) is 4.93. The minimum atomic E-state index is -0.965. The van der Waals surface area contributed by atoms with E-state index in [2.05, 4.69) is 10.3 Å². The Morgan fingerprint density at radius 2 is 2.00 bits per heavy atom. The van der Waals surface area contributed by atoms with Crippen LogP contribution >= 0.6 is 0 Å². The zero-order chi connectivity index (χ0) is 18.7. The zero-order valence-corrected chi connectivity index (χ0v) is 14.6. The van der Waals surface area contributed by atoms with Gasteiger partial charge in [0, 0.05) is 29.1 Å². The first-order valence-corrected chi connectivity index (χ1v) is 8.23. The van der Waals surface area contributed by atoms with E-state index in [4.69, 9.17) is 4.74 Å². The van der Waals surface area contributed by atoms with Crippen molar-refractivity contribution in [2.45, 2.75) is 19.4 Å². The number of carbonyl (C=O) groups is 2. The summed E-state index contributed by atoms with van der Waals surface area (Å²) in [5, 5.41) is 13.7. The van der Waals surface area contributed by atoms with Crippen molar-refractivity contribution in [1.82, 2.24) is 4.98 Å². The van der Waals surface area contributed by atoms with Crippen LogP contribution in [0.4, 0.5) is 5.69 Å². The lowest BCUT2D eigenvalue weighted by Gasteiger charge is -2.18. The van der Waals surface area contributed by atoms with E-state index in [9.17, 15) is 14.7 Å². The molecule has 1 atom stereocenters. The molecule has 0 saturated carbocycles. The SMILES string of the molecule is COc1cc(C(C)=O)ccc1NC(Cc1c[nH]c2ccccc12)C(=O)O. The Hall–Kier alpha value is -3.28. The summed E-state index contributed by atoms with van der Waals surface area (Å²) in [6.45, 7) is 1.47. The number of carbonyl (C=O) groups excluding carboxylic acids is 1. The van der Waals surface area contributed by atoms with Crippen molar-refractivity contribution in [3.8, 4) is 5.75 Å². The number of H-pyrrole nitrogens is 1. The van der Waals surface area contributed by atoms with Crippen LogP contribution in [0.15, 0.2) is 48.7 Å². The molecule has 134 valence electrons. The van der Waals surface area contributed by atoms with Crippen molar-refractivity contribution in [3.05, 3.63) is 59.8 Å². The number of methoxy groups -OCH3 is 1. The molecule has 1 aromatic heterocycles. The molecule has 0 saturated heterocycles. The Labute approximate surface area is 150 Å². The smallest absolute Gasteiger partial charge is 0.326 e. The minimum Gasteiger partial charge on any atom is -0.495 e. The third-order valence-electron chi connectivity index (χ3n) is 4.33. The number of ketones is 1. The summed E-state index contributed by atoms with van der Waals surface area (Å²) in [5.74, 6) is -0.612. The van der Waals surface area contributed by atoms with Crippen molar-refractivity contribution in [3.63, 3.8) is 0 Å². The zero-order valence-electron chi connectivity index (χ0n) is 14.6. The van der Waals surface area contributed by atoms with E-state index in [1.54, 1.807) is 18.2 Å². The van der Waals surface area contributed by atoms with E-state index in [-0.39, 0.29) is 5.78 Å². The summed E-state index contributed by atoms with van der Waals surface area (Å²) in [6, 6.07) is 11.8. The molecule has 0 fully saturated rings. The first-order valence-electron chi connectivity index (χ1n) is 8.23. The molecule has 6 nitrogen and oxygen atoms in total. The van der Waals surface area contributed by atoms with Crippen LogP contribution in [0.5, 0.6) is 5.75 Å². The van der Waals surface area contributed by atoms with E-state index in [1.165, 1.54) is 14.0 Å². The van der Waals surface area contributed by atoms with E-state index in [0.29, 0.717) is 23.4 Å². The van der Waals surface area contributed by atoms with Gasteiger partial charge in [-0.15, -0.1) is 0 Å². The predicted octanol–water partition coefficient (Wildman–Crippen LogP) is 3.49. The van der Waals surface area contributed by atoms with Crippen molar-refractivity contribution >= 4 is 28.3 Å².